The van der Waals surface area contributed by atoms with E-state index in [1.165, 1.54) is 0 Å². The fourth-order valence-corrected chi connectivity index (χ4v) is 3.83. The predicted molar refractivity (Wildman–Crippen MR) is 105 cm³/mol. The third-order valence-corrected chi connectivity index (χ3v) is 5.41. The summed E-state index contributed by atoms with van der Waals surface area (Å²) in [7, 11) is 1.73. The van der Waals surface area contributed by atoms with Crippen molar-refractivity contribution >= 4 is 17.5 Å². The number of anilines is 2. The Labute approximate surface area is 164 Å². The number of amides is 1. The molecule has 1 amide bonds. The van der Waals surface area contributed by atoms with Crippen LogP contribution >= 0.6 is 0 Å². The molecule has 148 valence electrons. The molecule has 0 saturated heterocycles. The molecule has 2 aromatic heterocycles. The van der Waals surface area contributed by atoms with Crippen LogP contribution in [0.3, 0.4) is 0 Å². The van der Waals surface area contributed by atoms with E-state index < -0.39 is 5.60 Å². The topological polar surface area (TPSA) is 100 Å². The standard InChI is InChI=1S/C20H25N5O3/c1-20(2,27)16-7-4-12(9-21-16)15-10-22-18-19(23-15)25(11-17(26)24-18)13-5-6-14(8-13)28-3/h4,7,9-10,13-14,27H,5-6,8,11H2,1-3H3,(H,22,24,26)/t13-,14-/m1/s1. The van der Waals surface area contributed by atoms with Crippen LogP contribution in [-0.2, 0) is 15.1 Å². The molecule has 28 heavy (non-hydrogen) atoms. The Bertz CT molecular complexity index is 878. The molecule has 1 aliphatic heterocycles. The smallest absolute Gasteiger partial charge is 0.245 e. The fourth-order valence-electron chi connectivity index (χ4n) is 3.83. The molecule has 2 aromatic rings. The van der Waals surface area contributed by atoms with E-state index in [0.29, 0.717) is 23.0 Å². The number of aliphatic hydroxyl groups is 1. The lowest BCUT2D eigenvalue weighted by Crippen LogP contribution is -2.44. The fraction of sp³-hybridized carbons (Fsp3) is 0.500. The van der Waals surface area contributed by atoms with E-state index >= 15 is 0 Å². The van der Waals surface area contributed by atoms with Gasteiger partial charge in [-0.15, -0.1) is 0 Å². The van der Waals surface area contributed by atoms with Gasteiger partial charge in [0.1, 0.15) is 5.60 Å². The molecule has 1 aliphatic carbocycles. The minimum atomic E-state index is -0.999. The quantitative estimate of drug-likeness (QED) is 0.834. The minimum Gasteiger partial charge on any atom is -0.384 e. The molecule has 0 aromatic carbocycles. The third-order valence-electron chi connectivity index (χ3n) is 5.41. The Morgan fingerprint density at radius 3 is 2.71 bits per heavy atom. The van der Waals surface area contributed by atoms with Gasteiger partial charge in [0.05, 0.1) is 30.2 Å². The van der Waals surface area contributed by atoms with Crippen LogP contribution in [0.1, 0.15) is 38.8 Å². The second-order valence-corrected chi connectivity index (χ2v) is 7.92. The summed E-state index contributed by atoms with van der Waals surface area (Å²) in [5.74, 6) is 1.10. The molecule has 0 radical (unpaired) electrons. The van der Waals surface area contributed by atoms with Crippen LogP contribution in [-0.4, -0.2) is 51.8 Å². The zero-order valence-corrected chi connectivity index (χ0v) is 16.3. The van der Waals surface area contributed by atoms with Crippen molar-refractivity contribution in [1.29, 1.82) is 0 Å². The van der Waals surface area contributed by atoms with Gasteiger partial charge in [-0.1, -0.05) is 0 Å². The number of hydrogen-bond donors (Lipinski definition) is 2. The van der Waals surface area contributed by atoms with Gasteiger partial charge >= 0.3 is 0 Å². The summed E-state index contributed by atoms with van der Waals surface area (Å²) in [6, 6.07) is 3.87. The number of nitrogens with zero attached hydrogens (tertiary/aromatic N) is 4. The van der Waals surface area contributed by atoms with Crippen LogP contribution in [0.15, 0.2) is 24.5 Å². The minimum absolute atomic E-state index is 0.0772. The molecule has 8 nitrogen and oxygen atoms in total. The molecule has 0 spiro atoms. The summed E-state index contributed by atoms with van der Waals surface area (Å²) in [5, 5.41) is 12.9. The number of ether oxygens (including phenoxy) is 1. The molecule has 0 unspecified atom stereocenters. The number of aromatic nitrogens is 3. The Hall–Kier alpha value is -2.58. The molecular weight excluding hydrogens is 358 g/mol. The summed E-state index contributed by atoms with van der Waals surface area (Å²) < 4.78 is 5.49. The number of methoxy groups -OCH3 is 1. The van der Waals surface area contributed by atoms with Gasteiger partial charge in [-0.05, 0) is 45.2 Å². The maximum absolute atomic E-state index is 12.1. The third kappa shape index (κ3) is 3.57. The van der Waals surface area contributed by atoms with Crippen LogP contribution in [0.25, 0.3) is 11.3 Å². The number of carbonyl (C=O) groups is 1. The first-order valence-electron chi connectivity index (χ1n) is 9.51. The van der Waals surface area contributed by atoms with Crippen molar-refractivity contribution in [2.75, 3.05) is 23.9 Å². The lowest BCUT2D eigenvalue weighted by atomic mass is 10.0. The number of fused-ring (bicyclic) bond motifs is 1. The molecule has 2 aliphatic rings. The predicted octanol–water partition coefficient (Wildman–Crippen LogP) is 2.09. The highest BCUT2D eigenvalue weighted by molar-refractivity contribution is 5.99. The van der Waals surface area contributed by atoms with Crippen LogP contribution in [0, 0.1) is 0 Å². The van der Waals surface area contributed by atoms with Gasteiger partial charge < -0.3 is 20.1 Å². The van der Waals surface area contributed by atoms with E-state index in [1.807, 2.05) is 11.0 Å². The normalized spacial score (nSPS) is 22.1. The zero-order chi connectivity index (χ0) is 19.9. The van der Waals surface area contributed by atoms with Crippen LogP contribution in [0.5, 0.6) is 0 Å². The highest BCUT2D eigenvalue weighted by atomic mass is 16.5. The zero-order valence-electron chi connectivity index (χ0n) is 16.3. The summed E-state index contributed by atoms with van der Waals surface area (Å²) in [6.07, 6.45) is 6.34. The number of rotatable bonds is 4. The second kappa shape index (κ2) is 7.10. The number of nitrogens with one attached hydrogen (secondary N) is 1. The van der Waals surface area contributed by atoms with Crippen molar-refractivity contribution in [1.82, 2.24) is 15.0 Å². The summed E-state index contributed by atoms with van der Waals surface area (Å²) >= 11 is 0. The van der Waals surface area contributed by atoms with Gasteiger partial charge in [-0.25, -0.2) is 9.97 Å². The molecule has 3 heterocycles. The molecule has 2 atom stereocenters. The van der Waals surface area contributed by atoms with Crippen molar-refractivity contribution in [2.45, 2.75) is 50.9 Å². The first kappa shape index (κ1) is 18.8. The molecule has 0 bridgehead atoms. The summed E-state index contributed by atoms with van der Waals surface area (Å²) in [4.78, 5) is 27.8. The van der Waals surface area contributed by atoms with Gasteiger partial charge in [0.25, 0.3) is 0 Å². The average Bonchev–Trinajstić information content (AvgIpc) is 3.15. The maximum atomic E-state index is 12.1. The molecule has 8 heteroatoms. The van der Waals surface area contributed by atoms with E-state index in [2.05, 4.69) is 15.3 Å². The number of hydrogen-bond acceptors (Lipinski definition) is 7. The molecule has 2 N–H and O–H groups in total. The van der Waals surface area contributed by atoms with Crippen molar-refractivity contribution < 1.29 is 14.6 Å². The Kier molecular flexibility index (Phi) is 4.76. The van der Waals surface area contributed by atoms with Crippen LogP contribution in [0.4, 0.5) is 11.6 Å². The number of pyridine rings is 1. The lowest BCUT2D eigenvalue weighted by Gasteiger charge is -2.34. The van der Waals surface area contributed by atoms with E-state index in [0.717, 1.165) is 24.8 Å². The highest BCUT2D eigenvalue weighted by Crippen LogP contribution is 2.35. The van der Waals surface area contributed by atoms with Gasteiger partial charge in [0.15, 0.2) is 11.6 Å². The second-order valence-electron chi connectivity index (χ2n) is 7.92. The van der Waals surface area contributed by atoms with Gasteiger partial charge in [-0.2, -0.15) is 0 Å². The SMILES string of the molecule is CO[C@@H]1CC[C@@H](N2CC(=O)Nc3ncc(-c4ccc(C(C)(C)O)nc4)nc32)C1. The molecule has 4 rings (SSSR count). The average molecular weight is 383 g/mol. The molecule has 1 saturated carbocycles. The first-order chi connectivity index (χ1) is 13.3. The molecular formula is C20H25N5O3. The Morgan fingerprint density at radius 2 is 2.07 bits per heavy atom. The Morgan fingerprint density at radius 1 is 1.25 bits per heavy atom. The van der Waals surface area contributed by atoms with E-state index in [1.54, 1.807) is 39.4 Å². The van der Waals surface area contributed by atoms with Crippen molar-refractivity contribution in [3.05, 3.63) is 30.2 Å². The molecule has 1 fully saturated rings. The van der Waals surface area contributed by atoms with Crippen molar-refractivity contribution in [2.24, 2.45) is 0 Å². The van der Waals surface area contributed by atoms with Gasteiger partial charge in [0, 0.05) is 24.9 Å². The monoisotopic (exact) mass is 383 g/mol. The summed E-state index contributed by atoms with van der Waals surface area (Å²) in [5.41, 5.74) is 1.08. The highest BCUT2D eigenvalue weighted by Gasteiger charge is 2.35. The van der Waals surface area contributed by atoms with Crippen molar-refractivity contribution in [3.8, 4) is 11.3 Å². The Balaban J connectivity index is 1.66. The lowest BCUT2D eigenvalue weighted by molar-refractivity contribution is -0.115. The van der Waals surface area contributed by atoms with Crippen LogP contribution < -0.4 is 10.2 Å². The van der Waals surface area contributed by atoms with E-state index in [4.69, 9.17) is 9.72 Å². The van der Waals surface area contributed by atoms with E-state index in [-0.39, 0.29) is 24.6 Å². The first-order valence-corrected chi connectivity index (χ1v) is 9.51. The van der Waals surface area contributed by atoms with Crippen molar-refractivity contribution in [3.63, 3.8) is 0 Å². The largest absolute Gasteiger partial charge is 0.384 e. The number of carbonyl (C=O) groups excluding carboxylic acids is 1. The van der Waals surface area contributed by atoms with Crippen LogP contribution in [0.2, 0.25) is 0 Å². The summed E-state index contributed by atoms with van der Waals surface area (Å²) in [6.45, 7) is 3.66. The van der Waals surface area contributed by atoms with Gasteiger partial charge in [0.2, 0.25) is 5.91 Å². The maximum Gasteiger partial charge on any atom is 0.245 e. The van der Waals surface area contributed by atoms with E-state index in [9.17, 15) is 9.90 Å². The van der Waals surface area contributed by atoms with Gasteiger partial charge in [-0.3, -0.25) is 9.78 Å².